The zero-order valence-corrected chi connectivity index (χ0v) is 18.6. The fourth-order valence-electron chi connectivity index (χ4n) is 4.03. The smallest absolute Gasteiger partial charge is 0.416 e. The first kappa shape index (κ1) is 23.7. The maximum atomic E-state index is 13.4. The fourth-order valence-corrected chi connectivity index (χ4v) is 4.03. The van der Waals surface area contributed by atoms with Gasteiger partial charge in [-0.15, -0.1) is 0 Å². The molecule has 34 heavy (non-hydrogen) atoms. The van der Waals surface area contributed by atoms with Crippen LogP contribution in [0.25, 0.3) is 10.9 Å². The zero-order chi connectivity index (χ0) is 24.6. The van der Waals surface area contributed by atoms with Crippen molar-refractivity contribution in [3.63, 3.8) is 0 Å². The summed E-state index contributed by atoms with van der Waals surface area (Å²) < 4.78 is 60.7. The Morgan fingerprint density at radius 2 is 2.00 bits per heavy atom. The van der Waals surface area contributed by atoms with Crippen LogP contribution in [0, 0.1) is 0 Å². The monoisotopic (exact) mass is 477 g/mol. The Kier molecular flexibility index (Phi) is 6.35. The number of alkyl halides is 3. The Morgan fingerprint density at radius 3 is 2.71 bits per heavy atom. The van der Waals surface area contributed by atoms with Gasteiger partial charge in [-0.1, -0.05) is 10.5 Å². The summed E-state index contributed by atoms with van der Waals surface area (Å²) in [5.41, 5.74) is 8.95. The molecule has 2 N–H and O–H groups in total. The molecule has 0 saturated heterocycles. The van der Waals surface area contributed by atoms with E-state index in [1.54, 1.807) is 25.1 Å². The van der Waals surface area contributed by atoms with Gasteiger partial charge < -0.3 is 15.2 Å². The molecule has 0 saturated carbocycles. The number of ether oxygens (including phenoxy) is 2. The van der Waals surface area contributed by atoms with Gasteiger partial charge in [0.1, 0.15) is 11.6 Å². The highest BCUT2D eigenvalue weighted by Gasteiger charge is 2.32. The number of nitrogen functional groups attached to an aromatic ring is 1. The van der Waals surface area contributed by atoms with Crippen molar-refractivity contribution in [2.75, 3.05) is 18.9 Å². The average Bonchev–Trinajstić information content (AvgIpc) is 3.44. The third kappa shape index (κ3) is 4.50. The van der Waals surface area contributed by atoms with Crippen molar-refractivity contribution < 1.29 is 31.9 Å². The van der Waals surface area contributed by atoms with Crippen molar-refractivity contribution in [1.82, 2.24) is 10.1 Å². The van der Waals surface area contributed by atoms with Crippen LogP contribution in [-0.4, -0.2) is 29.2 Å². The number of hydrogen-bond donors (Lipinski definition) is 1. The van der Waals surface area contributed by atoms with Crippen LogP contribution in [0.2, 0.25) is 0 Å². The number of rotatable bonds is 2. The number of anilines is 1. The lowest BCUT2D eigenvalue weighted by atomic mass is 10.00. The minimum Gasteiger partial charge on any atom is -0.493 e. The summed E-state index contributed by atoms with van der Waals surface area (Å²) in [6.07, 6.45) is -3.70. The Bertz CT molecular complexity index is 1250. The molecule has 3 aromatic rings. The van der Waals surface area contributed by atoms with Crippen molar-refractivity contribution in [3.05, 3.63) is 64.2 Å². The minimum absolute atomic E-state index is 0.00904. The van der Waals surface area contributed by atoms with E-state index in [1.165, 1.54) is 6.07 Å². The van der Waals surface area contributed by atoms with Crippen molar-refractivity contribution in [1.29, 1.82) is 0 Å². The van der Waals surface area contributed by atoms with Gasteiger partial charge in [-0.25, -0.2) is 4.98 Å². The summed E-state index contributed by atoms with van der Waals surface area (Å²) in [4.78, 5) is 16.3. The Morgan fingerprint density at radius 1 is 1.24 bits per heavy atom. The lowest BCUT2D eigenvalue weighted by Gasteiger charge is -2.12. The highest BCUT2D eigenvalue weighted by Crippen LogP contribution is 2.38. The Labute approximate surface area is 193 Å². The Hall–Kier alpha value is -3.40. The second-order valence-corrected chi connectivity index (χ2v) is 7.98. The maximum absolute atomic E-state index is 13.4. The number of carbonyl (C=O) groups is 1. The molecule has 2 aliphatic rings. The SMILES string of the molecule is CCN(F)C(=O)c1ccc2nc(N)c3c(c2c1)CO[C@@H]3C.FC(F)(F)c1ccc2c(c1)OCC2. The molecule has 0 fully saturated rings. The normalized spacial score (nSPS) is 16.4. The van der Waals surface area contributed by atoms with Crippen molar-refractivity contribution in [2.45, 2.75) is 39.2 Å². The van der Waals surface area contributed by atoms with Crippen LogP contribution in [0.5, 0.6) is 5.75 Å². The number of fused-ring (bicyclic) bond motifs is 4. The lowest BCUT2D eigenvalue weighted by Crippen LogP contribution is -2.22. The van der Waals surface area contributed by atoms with Crippen LogP contribution in [-0.2, 0) is 23.9 Å². The molecule has 0 radical (unpaired) electrons. The molecule has 0 aliphatic carbocycles. The average molecular weight is 477 g/mol. The van der Waals surface area contributed by atoms with E-state index in [2.05, 4.69) is 4.98 Å². The van der Waals surface area contributed by atoms with Crippen LogP contribution in [0.3, 0.4) is 0 Å². The topological polar surface area (TPSA) is 77.7 Å². The maximum Gasteiger partial charge on any atom is 0.416 e. The van der Waals surface area contributed by atoms with Gasteiger partial charge in [0.25, 0.3) is 5.91 Å². The summed E-state index contributed by atoms with van der Waals surface area (Å²) in [6.45, 7) is 4.40. The molecule has 6 nitrogen and oxygen atoms in total. The third-order valence-electron chi connectivity index (χ3n) is 5.82. The van der Waals surface area contributed by atoms with Gasteiger partial charge in [0, 0.05) is 22.9 Å². The molecular formula is C24H23F4N3O3. The van der Waals surface area contributed by atoms with Crippen LogP contribution in [0.4, 0.5) is 23.5 Å². The van der Waals surface area contributed by atoms with Crippen molar-refractivity contribution in [3.8, 4) is 5.75 Å². The molecule has 1 amide bonds. The number of halogens is 4. The molecule has 2 aliphatic heterocycles. The predicted molar refractivity (Wildman–Crippen MR) is 118 cm³/mol. The summed E-state index contributed by atoms with van der Waals surface area (Å²) in [6, 6.07) is 8.53. The number of amides is 1. The van der Waals surface area contributed by atoms with E-state index in [1.807, 2.05) is 6.92 Å². The molecule has 0 bridgehead atoms. The molecule has 1 aromatic heterocycles. The summed E-state index contributed by atoms with van der Waals surface area (Å²) in [7, 11) is 0. The number of carbonyl (C=O) groups excluding carboxylic acids is 1. The van der Waals surface area contributed by atoms with E-state index in [4.69, 9.17) is 15.2 Å². The van der Waals surface area contributed by atoms with Crippen LogP contribution in [0.15, 0.2) is 36.4 Å². The highest BCUT2D eigenvalue weighted by molar-refractivity contribution is 5.98. The minimum atomic E-state index is -4.28. The molecule has 0 unspecified atom stereocenters. The largest absolute Gasteiger partial charge is 0.493 e. The standard InChI is InChI=1S/C15H16FN3O2.C9H7F3O/c1-3-19(16)15(20)9-4-5-12-10(6-9)11-7-21-8(2)13(11)14(17)18-12;10-9(11,12)7-2-1-6-3-4-13-8(6)5-7/h4-6,8H,3,7H2,1-2H3,(H2,17,18);1-2,5H,3-4H2/t8-;/m1./s1. The molecule has 2 aromatic carbocycles. The molecule has 1 atom stereocenters. The number of nitrogens with zero attached hydrogens (tertiary/aromatic N) is 2. The van der Waals surface area contributed by atoms with Gasteiger partial charge in [-0.05, 0) is 55.3 Å². The summed E-state index contributed by atoms with van der Waals surface area (Å²) >= 11 is 0. The first-order chi connectivity index (χ1) is 16.1. The van der Waals surface area contributed by atoms with Gasteiger partial charge in [-0.2, -0.15) is 18.3 Å². The third-order valence-corrected chi connectivity index (χ3v) is 5.82. The van der Waals surface area contributed by atoms with E-state index >= 15 is 0 Å². The quantitative estimate of drug-likeness (QED) is 0.395. The van der Waals surface area contributed by atoms with Gasteiger partial charge in [-0.3, -0.25) is 4.79 Å². The summed E-state index contributed by atoms with van der Waals surface area (Å²) in [5.74, 6) is 0.161. The number of nitrogens with two attached hydrogens (primary N) is 1. The highest BCUT2D eigenvalue weighted by atomic mass is 19.4. The van der Waals surface area contributed by atoms with Gasteiger partial charge in [0.15, 0.2) is 0 Å². The lowest BCUT2D eigenvalue weighted by molar-refractivity contribution is -0.137. The zero-order valence-electron chi connectivity index (χ0n) is 18.6. The first-order valence-corrected chi connectivity index (χ1v) is 10.7. The molecule has 10 heteroatoms. The van der Waals surface area contributed by atoms with Crippen LogP contribution in [0.1, 0.15) is 52.6 Å². The number of pyridine rings is 1. The molecule has 5 rings (SSSR count). The van der Waals surface area contributed by atoms with E-state index in [-0.39, 0.29) is 17.8 Å². The molecule has 3 heterocycles. The van der Waals surface area contributed by atoms with Gasteiger partial charge in [0.2, 0.25) is 0 Å². The second kappa shape index (κ2) is 9.09. The van der Waals surface area contributed by atoms with Gasteiger partial charge in [0.05, 0.1) is 36.9 Å². The first-order valence-electron chi connectivity index (χ1n) is 10.7. The van der Waals surface area contributed by atoms with Crippen molar-refractivity contribution in [2.24, 2.45) is 0 Å². The number of aromatic nitrogens is 1. The molecule has 180 valence electrons. The Balaban J connectivity index is 0.000000180. The summed E-state index contributed by atoms with van der Waals surface area (Å²) in [5, 5.41) is 0.976. The van der Waals surface area contributed by atoms with Crippen LogP contribution >= 0.6 is 0 Å². The number of hydrogen-bond acceptors (Lipinski definition) is 5. The van der Waals surface area contributed by atoms with E-state index in [9.17, 15) is 22.4 Å². The molecular weight excluding hydrogens is 454 g/mol. The van der Waals surface area contributed by atoms with Crippen LogP contribution < -0.4 is 10.5 Å². The second-order valence-electron chi connectivity index (χ2n) is 7.98. The van der Waals surface area contributed by atoms with Gasteiger partial charge >= 0.3 is 6.18 Å². The fraction of sp³-hybridized carbons (Fsp3) is 0.333. The predicted octanol–water partition coefficient (Wildman–Crippen LogP) is 5.40. The van der Waals surface area contributed by atoms with Crippen molar-refractivity contribution >= 4 is 22.6 Å². The van der Waals surface area contributed by atoms with E-state index in [0.717, 1.165) is 34.2 Å². The molecule has 0 spiro atoms. The number of benzene rings is 2. The van der Waals surface area contributed by atoms with E-state index in [0.29, 0.717) is 42.3 Å². The van der Waals surface area contributed by atoms with E-state index < -0.39 is 17.6 Å².